The number of ether oxygens (including phenoxy) is 1. The van der Waals surface area contributed by atoms with Crippen LogP contribution in [0.25, 0.3) is 5.57 Å². The van der Waals surface area contributed by atoms with E-state index >= 15 is 0 Å². The van der Waals surface area contributed by atoms with Crippen LogP contribution in [0.2, 0.25) is 0 Å². The number of nitrogens with zero attached hydrogens (tertiary/aromatic N) is 3. The van der Waals surface area contributed by atoms with E-state index in [1.54, 1.807) is 0 Å². The predicted molar refractivity (Wildman–Crippen MR) is 136 cm³/mol. The molecule has 0 radical (unpaired) electrons. The van der Waals surface area contributed by atoms with Crippen LogP contribution in [0.5, 0.6) is 0 Å². The first kappa shape index (κ1) is 29.6. The van der Waals surface area contributed by atoms with Crippen molar-refractivity contribution >= 4 is 23.0 Å². The number of benzene rings is 1. The molecule has 0 bridgehead atoms. The van der Waals surface area contributed by atoms with Crippen LogP contribution < -0.4 is 0 Å². The lowest BCUT2D eigenvalue weighted by molar-refractivity contribution is -0.187. The lowest BCUT2D eigenvalue weighted by Gasteiger charge is -2.32. The maximum atomic E-state index is 13.6. The molecular weight excluding hydrogens is 568 g/mol. The Labute approximate surface area is 236 Å². The third-order valence-corrected chi connectivity index (χ3v) is 7.79. The van der Waals surface area contributed by atoms with Gasteiger partial charge in [0.05, 0.1) is 18.2 Å². The van der Waals surface area contributed by atoms with Crippen LogP contribution in [-0.2, 0) is 25.7 Å². The molecular formula is C29H25F6N3O4. The van der Waals surface area contributed by atoms with Gasteiger partial charge in [-0.05, 0) is 48.4 Å². The van der Waals surface area contributed by atoms with Crippen molar-refractivity contribution < 1.29 is 45.5 Å². The number of Topliss-reactive ketones (excluding diaryl/α,β-unsaturated/α-hetero) is 2. The second kappa shape index (κ2) is 11.1. The average Bonchev–Trinajstić information content (AvgIpc) is 3.49. The van der Waals surface area contributed by atoms with E-state index in [4.69, 9.17) is 4.74 Å². The largest absolute Gasteiger partial charge is 0.408 e. The summed E-state index contributed by atoms with van der Waals surface area (Å²) in [6.07, 6.45) is -4.88. The minimum Gasteiger partial charge on any atom is -0.346 e. The van der Waals surface area contributed by atoms with Crippen LogP contribution in [0.15, 0.2) is 60.2 Å². The maximum absolute atomic E-state index is 13.6. The molecule has 1 amide bonds. The minimum atomic E-state index is -4.73. The van der Waals surface area contributed by atoms with E-state index in [2.05, 4.69) is 4.98 Å². The molecule has 2 unspecified atom stereocenters. The quantitative estimate of drug-likeness (QED) is 0.435. The van der Waals surface area contributed by atoms with E-state index in [9.17, 15) is 40.7 Å². The van der Waals surface area contributed by atoms with Crippen molar-refractivity contribution in [1.29, 1.82) is 0 Å². The normalized spacial score (nSPS) is 23.3. The number of allylic oxidation sites excluding steroid dienone is 3. The fourth-order valence-electron chi connectivity index (χ4n) is 5.50. The molecule has 1 saturated carbocycles. The number of carbonyl (C=O) groups excluding carboxylic acids is 3. The second-order valence-corrected chi connectivity index (χ2v) is 10.4. The van der Waals surface area contributed by atoms with Crippen LogP contribution in [0.3, 0.4) is 0 Å². The zero-order chi connectivity index (χ0) is 30.4. The molecule has 3 atom stereocenters. The number of carbonyl (C=O) groups is 3. The molecule has 2 aromatic rings. The zero-order valence-electron chi connectivity index (χ0n) is 22.2. The van der Waals surface area contributed by atoms with Gasteiger partial charge in [-0.25, -0.2) is 18.2 Å². The highest BCUT2D eigenvalue weighted by atomic mass is 19.4. The van der Waals surface area contributed by atoms with E-state index in [0.717, 1.165) is 25.1 Å². The van der Waals surface area contributed by atoms with Gasteiger partial charge in [-0.1, -0.05) is 24.3 Å². The van der Waals surface area contributed by atoms with E-state index in [1.165, 1.54) is 41.3 Å². The lowest BCUT2D eigenvalue weighted by atomic mass is 9.82. The number of ketones is 2. The number of alkyl halides is 5. The number of pyridine rings is 1. The van der Waals surface area contributed by atoms with Gasteiger partial charge in [0.25, 0.3) is 6.43 Å². The molecule has 222 valence electrons. The molecule has 2 aliphatic carbocycles. The van der Waals surface area contributed by atoms with Crippen molar-refractivity contribution in [2.45, 2.75) is 44.1 Å². The molecule has 3 aliphatic rings. The summed E-state index contributed by atoms with van der Waals surface area (Å²) in [6, 6.07) is 6.50. The topological polar surface area (TPSA) is 79.8 Å². The Kier molecular flexibility index (Phi) is 7.84. The third-order valence-electron chi connectivity index (χ3n) is 7.79. The van der Waals surface area contributed by atoms with E-state index in [-0.39, 0.29) is 31.0 Å². The fourth-order valence-corrected chi connectivity index (χ4v) is 5.50. The maximum Gasteiger partial charge on any atom is 0.408 e. The molecule has 42 heavy (non-hydrogen) atoms. The van der Waals surface area contributed by atoms with Crippen molar-refractivity contribution in [3.05, 3.63) is 83.0 Å². The summed E-state index contributed by atoms with van der Waals surface area (Å²) in [4.78, 5) is 45.6. The second-order valence-electron chi connectivity index (χ2n) is 10.4. The molecule has 2 fully saturated rings. The Hall–Kier alpha value is -3.84. The molecule has 13 heteroatoms. The van der Waals surface area contributed by atoms with E-state index in [0.29, 0.717) is 16.0 Å². The molecule has 7 nitrogen and oxygen atoms in total. The predicted octanol–water partition coefficient (Wildman–Crippen LogP) is 4.65. The third kappa shape index (κ3) is 5.50. The molecule has 0 N–H and O–H groups in total. The fraction of sp³-hybridized carbons (Fsp3) is 0.379. The van der Waals surface area contributed by atoms with E-state index in [1.807, 2.05) is 0 Å². The number of rotatable bonds is 7. The molecule has 1 aromatic heterocycles. The zero-order valence-corrected chi connectivity index (χ0v) is 22.2. The monoisotopic (exact) mass is 593 g/mol. The van der Waals surface area contributed by atoms with Crippen molar-refractivity contribution in [1.82, 2.24) is 14.8 Å². The summed E-state index contributed by atoms with van der Waals surface area (Å²) >= 11 is 0. The highest BCUT2D eigenvalue weighted by molar-refractivity contribution is 6.25. The van der Waals surface area contributed by atoms with Gasteiger partial charge in [0.1, 0.15) is 24.3 Å². The van der Waals surface area contributed by atoms with Crippen LogP contribution in [0.4, 0.5) is 26.3 Å². The highest BCUT2D eigenvalue weighted by Crippen LogP contribution is 2.47. The molecule has 2 heterocycles. The number of aromatic nitrogens is 1. The Morgan fingerprint density at radius 2 is 1.86 bits per heavy atom. The van der Waals surface area contributed by atoms with Gasteiger partial charge in [0.2, 0.25) is 5.91 Å². The summed E-state index contributed by atoms with van der Waals surface area (Å²) in [5.41, 5.74) is -1.32. The van der Waals surface area contributed by atoms with Crippen molar-refractivity contribution in [2.75, 3.05) is 19.8 Å². The number of amides is 1. The van der Waals surface area contributed by atoms with Crippen LogP contribution in [0, 0.1) is 11.7 Å². The first-order chi connectivity index (χ1) is 19.8. The summed E-state index contributed by atoms with van der Waals surface area (Å²) in [5, 5.41) is 0. The average molecular weight is 594 g/mol. The van der Waals surface area contributed by atoms with Gasteiger partial charge in [0, 0.05) is 25.1 Å². The first-order valence-corrected chi connectivity index (χ1v) is 13.0. The highest BCUT2D eigenvalue weighted by Gasteiger charge is 2.58. The Balaban J connectivity index is 1.35. The van der Waals surface area contributed by atoms with Gasteiger partial charge in [0.15, 0.2) is 17.2 Å². The number of halogens is 6. The molecule has 1 saturated heterocycles. The number of hydrogen-bond acceptors (Lipinski definition) is 6. The summed E-state index contributed by atoms with van der Waals surface area (Å²) < 4.78 is 86.4. The van der Waals surface area contributed by atoms with Crippen molar-refractivity contribution in [3.8, 4) is 0 Å². The van der Waals surface area contributed by atoms with E-state index < -0.39 is 72.2 Å². The standard InChI is InChI=1S/C29H25F6N3O4/c1-16(29(33,34)35)38(12-17-5-7-18(30)8-6-17)25(40)13-37-14-28(42-15-37)21-10-9-19(26(41)20(21)11-24(28)39)22-3-2-4-23(36-22)27(31)32/h2-10,16,20,27H,11-15H2,1H3/t16?,20?,28-/m0/s1. The smallest absolute Gasteiger partial charge is 0.346 e. The van der Waals surface area contributed by atoms with Crippen LogP contribution >= 0.6 is 0 Å². The number of hydrogen-bond donors (Lipinski definition) is 0. The van der Waals surface area contributed by atoms with Crippen molar-refractivity contribution in [3.63, 3.8) is 0 Å². The Morgan fingerprint density at radius 1 is 1.14 bits per heavy atom. The summed E-state index contributed by atoms with van der Waals surface area (Å²) in [5.74, 6) is -3.30. The molecule has 1 spiro atoms. The first-order valence-electron chi connectivity index (χ1n) is 13.0. The van der Waals surface area contributed by atoms with Gasteiger partial charge in [-0.2, -0.15) is 13.2 Å². The van der Waals surface area contributed by atoms with Gasteiger partial charge < -0.3 is 9.64 Å². The van der Waals surface area contributed by atoms with Crippen LogP contribution in [-0.4, -0.2) is 69.9 Å². The molecule has 1 aromatic carbocycles. The molecule has 1 aliphatic heterocycles. The molecule has 5 rings (SSSR count). The number of fused-ring (bicyclic) bond motifs is 2. The van der Waals surface area contributed by atoms with Gasteiger partial charge >= 0.3 is 6.18 Å². The minimum absolute atomic E-state index is 0.0427. The summed E-state index contributed by atoms with van der Waals surface area (Å²) in [7, 11) is 0. The van der Waals surface area contributed by atoms with Crippen LogP contribution in [0.1, 0.15) is 36.7 Å². The SMILES string of the molecule is CC(N(Cc1ccc(F)cc1)C(=O)CN1CO[C@]2(C1)C(=O)CC1C(=O)C(c3cccc(C(F)F)n3)=CC=C12)C(F)(F)F. The van der Waals surface area contributed by atoms with Gasteiger partial charge in [-0.3, -0.25) is 19.3 Å². The Bertz CT molecular complexity index is 1470. The Morgan fingerprint density at radius 3 is 2.52 bits per heavy atom. The summed E-state index contributed by atoms with van der Waals surface area (Å²) in [6.45, 7) is -0.499. The lowest BCUT2D eigenvalue weighted by Crippen LogP contribution is -2.50. The van der Waals surface area contributed by atoms with Gasteiger partial charge in [-0.15, -0.1) is 0 Å². The van der Waals surface area contributed by atoms with Crippen molar-refractivity contribution in [2.24, 2.45) is 5.92 Å².